The molecule has 0 aliphatic rings. The molecule has 0 aliphatic heterocycles. The van der Waals surface area contributed by atoms with E-state index in [1.165, 1.54) is 116 Å². The van der Waals surface area contributed by atoms with E-state index in [2.05, 4.69) is 69.4 Å². The fourth-order valence-electron chi connectivity index (χ4n) is 7.04. The van der Waals surface area contributed by atoms with E-state index in [1.807, 2.05) is 0 Å². The molecule has 0 aliphatic carbocycles. The molecule has 0 N–H and O–H groups in total. The Kier molecular flexibility index (Phi) is 45.9. The normalized spacial score (nSPS) is 12.4. The van der Waals surface area contributed by atoms with Crippen LogP contribution in [0.2, 0.25) is 0 Å². The molecule has 0 saturated heterocycles. The lowest BCUT2D eigenvalue weighted by atomic mass is 10.0. The highest BCUT2D eigenvalue weighted by Crippen LogP contribution is 2.15. The fraction of sp³-hybridized carbons (Fsp3) is 0.792. The lowest BCUT2D eigenvalue weighted by Crippen LogP contribution is -2.30. The smallest absolute Gasteiger partial charge is 0.306 e. The summed E-state index contributed by atoms with van der Waals surface area (Å²) in [5, 5.41) is 0. The van der Waals surface area contributed by atoms with Gasteiger partial charge in [0.1, 0.15) is 13.2 Å². The Morgan fingerprint density at radius 2 is 0.661 bits per heavy atom. The third-order valence-electron chi connectivity index (χ3n) is 10.8. The molecule has 6 nitrogen and oxygen atoms in total. The Labute approximate surface area is 365 Å². The average Bonchev–Trinajstić information content (AvgIpc) is 3.23. The van der Waals surface area contributed by atoms with Crippen molar-refractivity contribution in [3.63, 3.8) is 0 Å². The summed E-state index contributed by atoms with van der Waals surface area (Å²) in [6, 6.07) is 0. The number of carbonyl (C=O) groups is 3. The third-order valence-corrected chi connectivity index (χ3v) is 10.8. The zero-order chi connectivity index (χ0) is 43.0. The quantitative estimate of drug-likeness (QED) is 0.0263. The second-order valence-electron chi connectivity index (χ2n) is 16.7. The molecule has 0 aromatic rings. The van der Waals surface area contributed by atoms with E-state index in [4.69, 9.17) is 14.2 Å². The van der Waals surface area contributed by atoms with Gasteiger partial charge >= 0.3 is 17.9 Å². The number of allylic oxidation sites excluding steroid dienone is 8. The Balaban J connectivity index is 4.39. The van der Waals surface area contributed by atoms with E-state index in [9.17, 15) is 14.4 Å². The van der Waals surface area contributed by atoms with E-state index in [-0.39, 0.29) is 31.1 Å². The van der Waals surface area contributed by atoms with Crippen molar-refractivity contribution in [1.29, 1.82) is 0 Å². The zero-order valence-corrected chi connectivity index (χ0v) is 39.0. The minimum absolute atomic E-state index is 0.0827. The molecule has 0 spiro atoms. The average molecular weight is 827 g/mol. The highest BCUT2D eigenvalue weighted by Gasteiger charge is 2.19. The van der Waals surface area contributed by atoms with Crippen LogP contribution in [0.3, 0.4) is 0 Å². The number of carbonyl (C=O) groups excluding carboxylic acids is 3. The topological polar surface area (TPSA) is 78.9 Å². The van der Waals surface area contributed by atoms with Gasteiger partial charge in [-0.2, -0.15) is 0 Å². The molecule has 59 heavy (non-hydrogen) atoms. The molecule has 342 valence electrons. The van der Waals surface area contributed by atoms with Crippen LogP contribution in [0.1, 0.15) is 252 Å². The minimum Gasteiger partial charge on any atom is -0.462 e. The summed E-state index contributed by atoms with van der Waals surface area (Å²) in [6.45, 7) is 6.48. The Morgan fingerprint density at radius 1 is 0.356 bits per heavy atom. The maximum absolute atomic E-state index is 12.8. The Hall–Kier alpha value is -2.63. The zero-order valence-electron chi connectivity index (χ0n) is 39.0. The van der Waals surface area contributed by atoms with Gasteiger partial charge in [0.15, 0.2) is 6.10 Å². The van der Waals surface area contributed by atoms with Crippen LogP contribution in [0.4, 0.5) is 0 Å². The second-order valence-corrected chi connectivity index (χ2v) is 16.7. The first kappa shape index (κ1) is 56.4. The first-order valence-corrected chi connectivity index (χ1v) is 25.1. The number of esters is 3. The van der Waals surface area contributed by atoms with Gasteiger partial charge in [-0.1, -0.05) is 204 Å². The van der Waals surface area contributed by atoms with Crippen LogP contribution in [0.5, 0.6) is 0 Å². The molecule has 0 amide bonds. The minimum atomic E-state index is -0.784. The molecule has 0 rings (SSSR count). The summed E-state index contributed by atoms with van der Waals surface area (Å²) in [5.74, 6) is -0.909. The fourth-order valence-corrected chi connectivity index (χ4v) is 7.04. The summed E-state index contributed by atoms with van der Waals surface area (Å²) in [4.78, 5) is 37.9. The SMILES string of the molecule is CC/C=C\C/C=C\C/C=C\CCCCCCC(=O)OC(COC(=O)CCCCCCC/C=C\CCCCC)COC(=O)CCCCCCCCCCCCCCCCC. The van der Waals surface area contributed by atoms with Crippen molar-refractivity contribution in [2.24, 2.45) is 0 Å². The molecular formula is C53H94O6. The maximum Gasteiger partial charge on any atom is 0.306 e. The van der Waals surface area contributed by atoms with E-state index < -0.39 is 6.10 Å². The standard InChI is InChI=1S/C53H94O6/c1-4-7-10-13-16-19-22-25-27-29-31-34-37-40-43-46-52(55)58-49-50(48-57-51(54)45-42-39-36-33-30-24-21-18-15-12-9-6-3)59-53(56)47-44-41-38-35-32-28-26-23-20-17-14-11-8-5-2/h8,11,17-18,20-21,26,28,50H,4-7,9-10,12-16,19,22-25,27,29-49H2,1-3H3/b11-8-,20-17-,21-18-,28-26-. The van der Waals surface area contributed by atoms with Gasteiger partial charge in [-0.3, -0.25) is 14.4 Å². The van der Waals surface area contributed by atoms with Gasteiger partial charge in [-0.15, -0.1) is 0 Å². The first-order valence-electron chi connectivity index (χ1n) is 25.1. The molecule has 0 heterocycles. The Morgan fingerprint density at radius 3 is 1.08 bits per heavy atom. The van der Waals surface area contributed by atoms with Crippen LogP contribution in [0.25, 0.3) is 0 Å². The van der Waals surface area contributed by atoms with Gasteiger partial charge in [0.2, 0.25) is 0 Å². The molecule has 1 atom stereocenters. The van der Waals surface area contributed by atoms with Gasteiger partial charge in [0.05, 0.1) is 0 Å². The van der Waals surface area contributed by atoms with Crippen molar-refractivity contribution < 1.29 is 28.6 Å². The molecule has 1 unspecified atom stereocenters. The van der Waals surface area contributed by atoms with E-state index in [0.29, 0.717) is 19.3 Å². The molecule has 0 fully saturated rings. The van der Waals surface area contributed by atoms with Gasteiger partial charge in [-0.05, 0) is 77.0 Å². The van der Waals surface area contributed by atoms with Crippen molar-refractivity contribution in [2.45, 2.75) is 258 Å². The summed E-state index contributed by atoms with van der Waals surface area (Å²) in [5.41, 5.74) is 0. The first-order chi connectivity index (χ1) is 29.0. The monoisotopic (exact) mass is 827 g/mol. The van der Waals surface area contributed by atoms with Crippen LogP contribution in [0.15, 0.2) is 48.6 Å². The van der Waals surface area contributed by atoms with E-state index in [0.717, 1.165) is 96.3 Å². The number of rotatable bonds is 45. The van der Waals surface area contributed by atoms with Crippen LogP contribution in [0, 0.1) is 0 Å². The summed E-state index contributed by atoms with van der Waals surface area (Å²) >= 11 is 0. The number of ether oxygens (including phenoxy) is 3. The predicted octanol–water partition coefficient (Wildman–Crippen LogP) is 16.3. The van der Waals surface area contributed by atoms with Crippen molar-refractivity contribution in [3.05, 3.63) is 48.6 Å². The highest BCUT2D eigenvalue weighted by molar-refractivity contribution is 5.71. The molecule has 0 bridgehead atoms. The number of hydrogen-bond acceptors (Lipinski definition) is 6. The maximum atomic E-state index is 12.8. The molecule has 0 aromatic heterocycles. The van der Waals surface area contributed by atoms with Gasteiger partial charge in [-0.25, -0.2) is 0 Å². The molecular weight excluding hydrogens is 733 g/mol. The van der Waals surface area contributed by atoms with Crippen LogP contribution in [-0.4, -0.2) is 37.2 Å². The number of hydrogen-bond donors (Lipinski definition) is 0. The predicted molar refractivity (Wildman–Crippen MR) is 252 cm³/mol. The van der Waals surface area contributed by atoms with Crippen molar-refractivity contribution in [3.8, 4) is 0 Å². The van der Waals surface area contributed by atoms with Crippen LogP contribution in [-0.2, 0) is 28.6 Å². The molecule has 6 heteroatoms. The lowest BCUT2D eigenvalue weighted by Gasteiger charge is -2.18. The van der Waals surface area contributed by atoms with E-state index >= 15 is 0 Å². The van der Waals surface area contributed by atoms with E-state index in [1.54, 1.807) is 0 Å². The van der Waals surface area contributed by atoms with Gasteiger partial charge in [0.25, 0.3) is 0 Å². The lowest BCUT2D eigenvalue weighted by molar-refractivity contribution is -0.167. The van der Waals surface area contributed by atoms with Crippen LogP contribution < -0.4 is 0 Å². The van der Waals surface area contributed by atoms with Crippen molar-refractivity contribution >= 4 is 17.9 Å². The van der Waals surface area contributed by atoms with Crippen molar-refractivity contribution in [2.75, 3.05) is 13.2 Å². The van der Waals surface area contributed by atoms with Crippen LogP contribution >= 0.6 is 0 Å². The largest absolute Gasteiger partial charge is 0.462 e. The van der Waals surface area contributed by atoms with Gasteiger partial charge in [0, 0.05) is 19.3 Å². The molecule has 0 radical (unpaired) electrons. The second kappa shape index (κ2) is 48.0. The molecule has 0 aromatic carbocycles. The van der Waals surface area contributed by atoms with Gasteiger partial charge < -0.3 is 14.2 Å². The highest BCUT2D eigenvalue weighted by atomic mass is 16.6. The summed E-state index contributed by atoms with van der Waals surface area (Å²) < 4.78 is 16.8. The van der Waals surface area contributed by atoms with Crippen molar-refractivity contribution in [1.82, 2.24) is 0 Å². The Bertz CT molecular complexity index is 1040. The summed E-state index contributed by atoms with van der Waals surface area (Å²) in [6.07, 6.45) is 56.6. The number of unbranched alkanes of at least 4 members (excludes halogenated alkanes) is 26. The summed E-state index contributed by atoms with van der Waals surface area (Å²) in [7, 11) is 0. The molecule has 0 saturated carbocycles. The third kappa shape index (κ3) is 46.3.